The zero-order valence-electron chi connectivity index (χ0n) is 7.40. The maximum atomic E-state index is 12.0. The molecule has 1 aromatic heterocycles. The van der Waals surface area contributed by atoms with Crippen LogP contribution in [0.2, 0.25) is 0 Å². The Morgan fingerprint density at radius 1 is 1.38 bits per heavy atom. The van der Waals surface area contributed by atoms with Crippen molar-refractivity contribution in [2.24, 2.45) is 0 Å². The van der Waals surface area contributed by atoms with Crippen molar-refractivity contribution in [3.63, 3.8) is 0 Å². The molecule has 0 fully saturated rings. The monoisotopic (exact) mass is 406 g/mol. The second-order valence-corrected chi connectivity index (χ2v) is 4.82. The number of hydrogen-bond acceptors (Lipinski definition) is 2. The van der Waals surface area contributed by atoms with E-state index in [9.17, 15) is 13.2 Å². The summed E-state index contributed by atoms with van der Waals surface area (Å²) < 4.78 is 41.1. The Labute approximate surface area is 110 Å². The van der Waals surface area contributed by atoms with Crippen LogP contribution < -0.4 is 4.74 Å². The Hall–Kier alpha value is -0.510. The van der Waals surface area contributed by atoms with Gasteiger partial charge in [-0.2, -0.15) is 5.10 Å². The molecule has 0 amide bonds. The Bertz CT molecular complexity index is 540. The van der Waals surface area contributed by atoms with Crippen LogP contribution in [0, 0.1) is 3.70 Å². The van der Waals surface area contributed by atoms with Crippen molar-refractivity contribution in [3.8, 4) is 5.75 Å². The molecule has 0 radical (unpaired) electrons. The fourth-order valence-corrected chi connectivity index (χ4v) is 2.92. The lowest BCUT2D eigenvalue weighted by Gasteiger charge is -2.09. The summed E-state index contributed by atoms with van der Waals surface area (Å²) >= 11 is 5.18. The third-order valence-electron chi connectivity index (χ3n) is 1.77. The van der Waals surface area contributed by atoms with Gasteiger partial charge in [0.05, 0.1) is 5.52 Å². The Morgan fingerprint density at radius 3 is 2.69 bits per heavy atom. The predicted molar refractivity (Wildman–Crippen MR) is 63.2 cm³/mol. The molecule has 0 spiro atoms. The quantitative estimate of drug-likeness (QED) is 0.731. The third-order valence-corrected chi connectivity index (χ3v) is 3.18. The molecule has 0 atom stereocenters. The van der Waals surface area contributed by atoms with E-state index in [1.165, 1.54) is 12.1 Å². The van der Waals surface area contributed by atoms with Gasteiger partial charge < -0.3 is 4.74 Å². The molecular formula is C8H3BrF3IN2O. The van der Waals surface area contributed by atoms with Crippen LogP contribution in [-0.4, -0.2) is 16.6 Å². The van der Waals surface area contributed by atoms with Crippen molar-refractivity contribution in [2.75, 3.05) is 0 Å². The summed E-state index contributed by atoms with van der Waals surface area (Å²) in [6.07, 6.45) is -4.70. The van der Waals surface area contributed by atoms with E-state index in [4.69, 9.17) is 0 Å². The van der Waals surface area contributed by atoms with Gasteiger partial charge in [0.2, 0.25) is 0 Å². The number of rotatable bonds is 1. The lowest BCUT2D eigenvalue weighted by atomic mass is 10.2. The smallest absolute Gasteiger partial charge is 0.406 e. The van der Waals surface area contributed by atoms with Crippen LogP contribution in [0.25, 0.3) is 10.9 Å². The summed E-state index contributed by atoms with van der Waals surface area (Å²) in [5.74, 6) is -0.297. The van der Waals surface area contributed by atoms with Crippen LogP contribution in [0.5, 0.6) is 5.75 Å². The summed E-state index contributed by atoms with van der Waals surface area (Å²) in [5.41, 5.74) is 0.415. The van der Waals surface area contributed by atoms with E-state index in [1.807, 2.05) is 22.6 Å². The number of nitrogens with one attached hydrogen (secondary N) is 1. The summed E-state index contributed by atoms with van der Waals surface area (Å²) in [4.78, 5) is 0. The third kappa shape index (κ3) is 2.42. The van der Waals surface area contributed by atoms with Crippen LogP contribution in [0.1, 0.15) is 0 Å². The van der Waals surface area contributed by atoms with Gasteiger partial charge in [0, 0.05) is 15.9 Å². The number of halogens is 5. The molecule has 1 aromatic carbocycles. The number of hydrogen-bond donors (Lipinski definition) is 1. The Kier molecular flexibility index (Phi) is 3.03. The molecule has 0 aliphatic carbocycles. The average Bonchev–Trinajstić information content (AvgIpc) is 2.44. The zero-order valence-corrected chi connectivity index (χ0v) is 11.1. The highest BCUT2D eigenvalue weighted by Gasteiger charge is 2.31. The normalized spacial score (nSPS) is 12.1. The fourth-order valence-electron chi connectivity index (χ4n) is 1.23. The summed E-state index contributed by atoms with van der Waals surface area (Å²) in [5, 5.41) is 7.27. The first kappa shape index (κ1) is 12.0. The topological polar surface area (TPSA) is 37.9 Å². The predicted octanol–water partition coefficient (Wildman–Crippen LogP) is 3.83. The molecular weight excluding hydrogens is 404 g/mol. The number of aromatic nitrogens is 2. The fraction of sp³-hybridized carbons (Fsp3) is 0.125. The molecule has 0 aliphatic heterocycles. The molecule has 1 heterocycles. The van der Waals surface area contributed by atoms with Gasteiger partial charge in [-0.1, -0.05) is 0 Å². The summed E-state index contributed by atoms with van der Waals surface area (Å²) in [7, 11) is 0. The Balaban J connectivity index is 2.51. The molecule has 0 bridgehead atoms. The highest BCUT2D eigenvalue weighted by molar-refractivity contribution is 14.1. The standard InChI is InChI=1S/C8H3BrF3IN2O/c9-4-1-3(16-8(10,11)12)2-5-6(4)7(13)15-14-5/h1-2H,(H,14,15). The molecule has 1 N–H and O–H groups in total. The highest BCUT2D eigenvalue weighted by Crippen LogP contribution is 2.33. The van der Waals surface area contributed by atoms with Gasteiger partial charge in [-0.05, 0) is 44.6 Å². The van der Waals surface area contributed by atoms with Crippen LogP contribution in [-0.2, 0) is 0 Å². The van der Waals surface area contributed by atoms with E-state index in [0.29, 0.717) is 9.99 Å². The molecule has 86 valence electrons. The number of benzene rings is 1. The summed E-state index contributed by atoms with van der Waals surface area (Å²) in [6, 6.07) is 2.49. The number of alkyl halides is 3. The molecule has 0 unspecified atom stereocenters. The molecule has 2 rings (SSSR count). The molecule has 8 heteroatoms. The lowest BCUT2D eigenvalue weighted by Crippen LogP contribution is -2.17. The van der Waals surface area contributed by atoms with E-state index in [2.05, 4.69) is 30.9 Å². The first-order valence-corrected chi connectivity index (χ1v) is 5.83. The van der Waals surface area contributed by atoms with Crippen molar-refractivity contribution >= 4 is 49.4 Å². The van der Waals surface area contributed by atoms with E-state index in [0.717, 1.165) is 9.09 Å². The number of H-pyrrole nitrogens is 1. The minimum Gasteiger partial charge on any atom is -0.406 e. The van der Waals surface area contributed by atoms with E-state index in [1.54, 1.807) is 0 Å². The van der Waals surface area contributed by atoms with Crippen LogP contribution in [0.15, 0.2) is 16.6 Å². The van der Waals surface area contributed by atoms with Gasteiger partial charge in [-0.15, -0.1) is 13.2 Å². The minimum atomic E-state index is -4.70. The van der Waals surface area contributed by atoms with Crippen molar-refractivity contribution < 1.29 is 17.9 Å². The van der Waals surface area contributed by atoms with E-state index < -0.39 is 6.36 Å². The molecule has 0 saturated carbocycles. The van der Waals surface area contributed by atoms with Crippen molar-refractivity contribution in [1.29, 1.82) is 0 Å². The largest absolute Gasteiger partial charge is 0.573 e. The van der Waals surface area contributed by atoms with Crippen LogP contribution in [0.3, 0.4) is 0 Å². The maximum Gasteiger partial charge on any atom is 0.573 e. The zero-order chi connectivity index (χ0) is 11.9. The molecule has 16 heavy (non-hydrogen) atoms. The average molecular weight is 407 g/mol. The van der Waals surface area contributed by atoms with Gasteiger partial charge in [0.25, 0.3) is 0 Å². The number of nitrogens with zero attached hydrogens (tertiary/aromatic N) is 1. The van der Waals surface area contributed by atoms with E-state index >= 15 is 0 Å². The first-order chi connectivity index (χ1) is 7.37. The number of ether oxygens (including phenoxy) is 1. The van der Waals surface area contributed by atoms with Gasteiger partial charge in [-0.25, -0.2) is 0 Å². The first-order valence-electron chi connectivity index (χ1n) is 3.96. The molecule has 3 nitrogen and oxygen atoms in total. The van der Waals surface area contributed by atoms with Crippen molar-refractivity contribution in [1.82, 2.24) is 10.2 Å². The second-order valence-electron chi connectivity index (χ2n) is 2.88. The van der Waals surface area contributed by atoms with Crippen molar-refractivity contribution in [3.05, 3.63) is 20.3 Å². The van der Waals surface area contributed by atoms with Crippen molar-refractivity contribution in [2.45, 2.75) is 6.36 Å². The maximum absolute atomic E-state index is 12.0. The van der Waals surface area contributed by atoms with Gasteiger partial charge in [-0.3, -0.25) is 5.10 Å². The van der Waals surface area contributed by atoms with Gasteiger partial charge >= 0.3 is 6.36 Å². The van der Waals surface area contributed by atoms with Crippen LogP contribution >= 0.6 is 38.5 Å². The molecule has 0 aliphatic rings. The number of fused-ring (bicyclic) bond motifs is 1. The van der Waals surface area contributed by atoms with Crippen LogP contribution in [0.4, 0.5) is 13.2 Å². The molecule has 0 saturated heterocycles. The van der Waals surface area contributed by atoms with Gasteiger partial charge in [0.15, 0.2) is 0 Å². The van der Waals surface area contributed by atoms with Gasteiger partial charge in [0.1, 0.15) is 9.45 Å². The molecule has 2 aromatic rings. The number of aromatic amines is 1. The Morgan fingerprint density at radius 2 is 2.06 bits per heavy atom. The SMILES string of the molecule is FC(F)(F)Oc1cc(Br)c2c(I)[nH]nc2c1. The second kappa shape index (κ2) is 4.06. The minimum absolute atomic E-state index is 0.297. The lowest BCUT2D eigenvalue weighted by molar-refractivity contribution is -0.274. The van der Waals surface area contributed by atoms with E-state index in [-0.39, 0.29) is 5.75 Å². The highest BCUT2D eigenvalue weighted by atomic mass is 127. The summed E-state index contributed by atoms with van der Waals surface area (Å²) in [6.45, 7) is 0.